The molecule has 1 amide bonds. The fraction of sp³-hybridized carbons (Fsp3) is 0.571. The number of unbranched alkanes of at least 4 members (excludes halogenated alkanes) is 4. The maximum Gasteiger partial charge on any atom is 0.224 e. The first-order valence-corrected chi connectivity index (χ1v) is 7.42. The van der Waals surface area contributed by atoms with Crippen molar-refractivity contribution in [2.45, 2.75) is 52.4 Å². The van der Waals surface area contributed by atoms with Crippen LogP contribution in [-0.2, 0) is 4.79 Å². The summed E-state index contributed by atoms with van der Waals surface area (Å²) in [7, 11) is 0. The molecule has 106 valence electrons. The number of hydrogen-bond donors (Lipinski definition) is 1. The molecule has 3 nitrogen and oxygen atoms in total. The monoisotopic (exact) mass is 302 g/mol. The number of hydrogen-bond acceptors (Lipinski definition) is 2. The van der Waals surface area contributed by atoms with Crippen molar-refractivity contribution in [2.24, 2.45) is 0 Å². The van der Waals surface area contributed by atoms with Gasteiger partial charge >= 0.3 is 0 Å². The highest BCUT2D eigenvalue weighted by Crippen LogP contribution is 2.26. The second-order valence-corrected chi connectivity index (χ2v) is 5.39. The van der Waals surface area contributed by atoms with Crippen LogP contribution in [0.2, 0.25) is 10.3 Å². The summed E-state index contributed by atoms with van der Waals surface area (Å²) in [6, 6.07) is 1.68. The van der Waals surface area contributed by atoms with Crippen LogP contribution in [0, 0.1) is 6.92 Å². The number of pyridine rings is 1. The Hall–Kier alpha value is -0.800. The van der Waals surface area contributed by atoms with Gasteiger partial charge in [-0.3, -0.25) is 4.79 Å². The lowest BCUT2D eigenvalue weighted by atomic mass is 10.1. The van der Waals surface area contributed by atoms with E-state index in [-0.39, 0.29) is 11.1 Å². The SMILES string of the molecule is CCCCCCCC(=O)Nc1c(C)cc(Cl)nc1Cl. The molecule has 1 aromatic heterocycles. The van der Waals surface area contributed by atoms with E-state index in [1.807, 2.05) is 6.92 Å². The minimum atomic E-state index is -0.0226. The summed E-state index contributed by atoms with van der Waals surface area (Å²) in [5.41, 5.74) is 1.38. The largest absolute Gasteiger partial charge is 0.323 e. The maximum absolute atomic E-state index is 11.8. The van der Waals surface area contributed by atoms with E-state index >= 15 is 0 Å². The highest BCUT2D eigenvalue weighted by atomic mass is 35.5. The van der Waals surface area contributed by atoms with Crippen LogP contribution in [0.25, 0.3) is 0 Å². The van der Waals surface area contributed by atoms with Crippen LogP contribution in [0.4, 0.5) is 5.69 Å². The molecule has 0 aliphatic carbocycles. The number of aryl methyl sites for hydroxylation is 1. The molecule has 0 aliphatic heterocycles. The second-order valence-electron chi connectivity index (χ2n) is 4.64. The predicted molar refractivity (Wildman–Crippen MR) is 81.0 cm³/mol. The first-order valence-electron chi connectivity index (χ1n) is 6.67. The number of anilines is 1. The van der Waals surface area contributed by atoms with Gasteiger partial charge in [0.1, 0.15) is 5.15 Å². The topological polar surface area (TPSA) is 42.0 Å². The Morgan fingerprint density at radius 3 is 2.58 bits per heavy atom. The number of amides is 1. The lowest BCUT2D eigenvalue weighted by molar-refractivity contribution is -0.116. The Kier molecular flexibility index (Phi) is 7.17. The van der Waals surface area contributed by atoms with Crippen molar-refractivity contribution in [2.75, 3.05) is 5.32 Å². The highest BCUT2D eigenvalue weighted by Gasteiger charge is 2.10. The zero-order valence-electron chi connectivity index (χ0n) is 11.4. The lowest BCUT2D eigenvalue weighted by Crippen LogP contribution is -2.13. The van der Waals surface area contributed by atoms with Crippen LogP contribution >= 0.6 is 23.2 Å². The molecule has 1 rings (SSSR count). The number of carbonyl (C=O) groups is 1. The molecule has 0 bridgehead atoms. The predicted octanol–water partition coefficient (Wildman–Crippen LogP) is 5.00. The molecule has 5 heteroatoms. The van der Waals surface area contributed by atoms with Gasteiger partial charge in [0.05, 0.1) is 5.69 Å². The molecule has 1 N–H and O–H groups in total. The molecule has 1 heterocycles. The van der Waals surface area contributed by atoms with Gasteiger partial charge in [-0.1, -0.05) is 55.8 Å². The zero-order chi connectivity index (χ0) is 14.3. The number of halogens is 2. The average Bonchev–Trinajstić information content (AvgIpc) is 2.33. The summed E-state index contributed by atoms with van der Waals surface area (Å²) < 4.78 is 0. The van der Waals surface area contributed by atoms with Crippen LogP contribution in [0.15, 0.2) is 6.07 Å². The maximum atomic E-state index is 11.8. The van der Waals surface area contributed by atoms with E-state index in [0.717, 1.165) is 18.4 Å². The Morgan fingerprint density at radius 2 is 1.95 bits per heavy atom. The van der Waals surface area contributed by atoms with Gasteiger partial charge in [-0.2, -0.15) is 0 Å². The standard InChI is InChI=1S/C14H20Cl2N2O/c1-3-4-5-6-7-8-12(19)18-13-10(2)9-11(15)17-14(13)16/h9H,3-8H2,1-2H3,(H,18,19). The smallest absolute Gasteiger partial charge is 0.224 e. The van der Waals surface area contributed by atoms with Crippen LogP contribution in [-0.4, -0.2) is 10.9 Å². The summed E-state index contributed by atoms with van der Waals surface area (Å²) in [6.45, 7) is 4.02. The van der Waals surface area contributed by atoms with E-state index in [2.05, 4.69) is 17.2 Å². The van der Waals surface area contributed by atoms with Crippen LogP contribution < -0.4 is 5.32 Å². The minimum absolute atomic E-state index is 0.0226. The molecular weight excluding hydrogens is 283 g/mol. The summed E-state index contributed by atoms with van der Waals surface area (Å²) in [5.74, 6) is -0.0226. The molecule has 0 saturated heterocycles. The first kappa shape index (κ1) is 16.3. The molecule has 0 atom stereocenters. The fourth-order valence-corrected chi connectivity index (χ4v) is 2.42. The normalized spacial score (nSPS) is 10.5. The van der Waals surface area contributed by atoms with E-state index in [0.29, 0.717) is 17.3 Å². The van der Waals surface area contributed by atoms with Crippen LogP contribution in [0.3, 0.4) is 0 Å². The zero-order valence-corrected chi connectivity index (χ0v) is 12.9. The molecule has 0 unspecified atom stereocenters. The molecule has 0 aromatic carbocycles. The van der Waals surface area contributed by atoms with Gasteiger partial charge in [0, 0.05) is 6.42 Å². The van der Waals surface area contributed by atoms with Crippen molar-refractivity contribution >= 4 is 34.8 Å². The summed E-state index contributed by atoms with van der Waals surface area (Å²) >= 11 is 11.8. The van der Waals surface area contributed by atoms with Crippen molar-refractivity contribution in [3.05, 3.63) is 21.9 Å². The molecule has 1 aromatic rings. The molecule has 0 radical (unpaired) electrons. The van der Waals surface area contributed by atoms with E-state index in [1.165, 1.54) is 19.3 Å². The number of carbonyl (C=O) groups excluding carboxylic acids is 1. The molecule has 19 heavy (non-hydrogen) atoms. The van der Waals surface area contributed by atoms with Crippen LogP contribution in [0.1, 0.15) is 51.0 Å². The van der Waals surface area contributed by atoms with Gasteiger partial charge < -0.3 is 5.32 Å². The third-order valence-corrected chi connectivity index (χ3v) is 3.38. The highest BCUT2D eigenvalue weighted by molar-refractivity contribution is 6.34. The molecule has 0 spiro atoms. The van der Waals surface area contributed by atoms with Gasteiger partial charge in [-0.05, 0) is 25.0 Å². The van der Waals surface area contributed by atoms with Crippen molar-refractivity contribution in [3.63, 3.8) is 0 Å². The fourth-order valence-electron chi connectivity index (χ4n) is 1.84. The van der Waals surface area contributed by atoms with Gasteiger partial charge in [-0.15, -0.1) is 0 Å². The van der Waals surface area contributed by atoms with Crippen molar-refractivity contribution in [3.8, 4) is 0 Å². The average molecular weight is 303 g/mol. The van der Waals surface area contributed by atoms with E-state index in [9.17, 15) is 4.79 Å². The third kappa shape index (κ3) is 5.79. The van der Waals surface area contributed by atoms with Gasteiger partial charge in [0.2, 0.25) is 5.91 Å². The number of aromatic nitrogens is 1. The lowest BCUT2D eigenvalue weighted by Gasteiger charge is -2.10. The Labute approximate surface area is 124 Å². The summed E-state index contributed by atoms with van der Waals surface area (Å²) in [4.78, 5) is 15.7. The summed E-state index contributed by atoms with van der Waals surface area (Å²) in [5, 5.41) is 3.38. The Bertz CT molecular complexity index is 412. The molecule has 0 fully saturated rings. The molecular formula is C14H20Cl2N2O. The molecule has 0 saturated carbocycles. The van der Waals surface area contributed by atoms with Crippen molar-refractivity contribution in [1.29, 1.82) is 0 Å². The second kappa shape index (κ2) is 8.39. The van der Waals surface area contributed by atoms with Crippen LogP contribution in [0.5, 0.6) is 0 Å². The van der Waals surface area contributed by atoms with Gasteiger partial charge in [0.25, 0.3) is 0 Å². The Balaban J connectivity index is 2.44. The van der Waals surface area contributed by atoms with Crippen molar-refractivity contribution < 1.29 is 4.79 Å². The first-order chi connectivity index (χ1) is 9.04. The number of nitrogens with zero attached hydrogens (tertiary/aromatic N) is 1. The van der Waals surface area contributed by atoms with E-state index < -0.39 is 0 Å². The third-order valence-electron chi connectivity index (χ3n) is 2.91. The molecule has 0 aliphatic rings. The number of nitrogens with one attached hydrogen (secondary N) is 1. The Morgan fingerprint density at radius 1 is 1.26 bits per heavy atom. The van der Waals surface area contributed by atoms with E-state index in [1.54, 1.807) is 6.07 Å². The quantitative estimate of drug-likeness (QED) is 0.569. The number of rotatable bonds is 7. The summed E-state index contributed by atoms with van der Waals surface area (Å²) in [6.07, 6.45) is 6.13. The minimum Gasteiger partial charge on any atom is -0.323 e. The van der Waals surface area contributed by atoms with Gasteiger partial charge in [-0.25, -0.2) is 4.98 Å². The van der Waals surface area contributed by atoms with Gasteiger partial charge in [0.15, 0.2) is 5.15 Å². The van der Waals surface area contributed by atoms with Crippen molar-refractivity contribution in [1.82, 2.24) is 4.98 Å². The van der Waals surface area contributed by atoms with E-state index in [4.69, 9.17) is 23.2 Å².